The van der Waals surface area contributed by atoms with E-state index in [1.807, 2.05) is 18.3 Å². The van der Waals surface area contributed by atoms with Crippen LogP contribution >= 0.6 is 0 Å². The van der Waals surface area contributed by atoms with Gasteiger partial charge in [0, 0.05) is 6.07 Å². The molecule has 0 saturated carbocycles. The Balaban J connectivity index is 0.00000147. The Morgan fingerprint density at radius 1 is 1.20 bits per heavy atom. The third kappa shape index (κ3) is 2.70. The average Bonchev–Trinajstić information content (AvgIpc) is 2.82. The maximum atomic E-state index is 5.86. The number of aromatic nitrogens is 2. The van der Waals surface area contributed by atoms with Crippen LogP contribution in [0.15, 0.2) is 41.1 Å². The van der Waals surface area contributed by atoms with Crippen molar-refractivity contribution in [3.05, 3.63) is 47.8 Å². The molecule has 2 heterocycles. The Kier molecular flexibility index (Phi) is 4.42. The molecule has 0 bridgehead atoms. The third-order valence-corrected chi connectivity index (χ3v) is 3.47. The van der Waals surface area contributed by atoms with Crippen molar-refractivity contribution in [1.82, 2.24) is 4.98 Å². The molecule has 20 heavy (non-hydrogen) atoms. The number of benzene rings is 1. The van der Waals surface area contributed by atoms with Crippen LogP contribution < -0.4 is 28.5 Å². The predicted molar refractivity (Wildman–Crippen MR) is 74.8 cm³/mol. The number of aryl methyl sites for hydroxylation is 3. The number of hydrogen-bond acceptors (Lipinski definition) is 2. The van der Waals surface area contributed by atoms with E-state index in [0.29, 0.717) is 5.89 Å². The van der Waals surface area contributed by atoms with Gasteiger partial charge in [0.2, 0.25) is 5.89 Å². The van der Waals surface area contributed by atoms with E-state index in [2.05, 4.69) is 48.7 Å². The highest BCUT2D eigenvalue weighted by Crippen LogP contribution is 2.25. The Morgan fingerprint density at radius 3 is 2.70 bits per heavy atom. The summed E-state index contributed by atoms with van der Waals surface area (Å²) in [6.07, 6.45) is 4.10. The van der Waals surface area contributed by atoms with E-state index in [1.54, 1.807) is 0 Å². The second kappa shape index (κ2) is 5.91. The van der Waals surface area contributed by atoms with Crippen LogP contribution in [0, 0.1) is 13.8 Å². The number of nitrogens with zero attached hydrogens (tertiary/aromatic N) is 2. The molecule has 0 atom stereocenters. The van der Waals surface area contributed by atoms with Gasteiger partial charge in [0.05, 0.1) is 0 Å². The summed E-state index contributed by atoms with van der Waals surface area (Å²) >= 11 is 0. The Bertz CT molecular complexity index is 710. The van der Waals surface area contributed by atoms with Crippen molar-refractivity contribution in [2.24, 2.45) is 0 Å². The highest BCUT2D eigenvalue weighted by atomic mass is 127. The summed E-state index contributed by atoms with van der Waals surface area (Å²) in [6, 6.07) is 8.17. The minimum absolute atomic E-state index is 0. The molecule has 0 fully saturated rings. The quantitative estimate of drug-likeness (QED) is 0.477. The number of hydrogen-bond donors (Lipinski definition) is 0. The minimum atomic E-state index is 0. The molecule has 0 N–H and O–H groups in total. The van der Waals surface area contributed by atoms with Crippen molar-refractivity contribution in [1.29, 1.82) is 0 Å². The van der Waals surface area contributed by atoms with E-state index in [9.17, 15) is 0 Å². The van der Waals surface area contributed by atoms with E-state index in [1.165, 1.54) is 11.1 Å². The first-order chi connectivity index (χ1) is 9.17. The fraction of sp³-hybridized carbons (Fsp3) is 0.250. The topological polar surface area (TPSA) is 29.9 Å². The zero-order chi connectivity index (χ0) is 13.4. The summed E-state index contributed by atoms with van der Waals surface area (Å²) in [4.78, 5) is 4.58. The van der Waals surface area contributed by atoms with Crippen LogP contribution in [-0.2, 0) is 6.54 Å². The second-order valence-corrected chi connectivity index (χ2v) is 4.85. The van der Waals surface area contributed by atoms with Gasteiger partial charge >= 0.3 is 0 Å². The Morgan fingerprint density at radius 2 is 1.95 bits per heavy atom. The highest BCUT2D eigenvalue weighted by molar-refractivity contribution is 5.77. The maximum Gasteiger partial charge on any atom is 0.233 e. The largest absolute Gasteiger partial charge is 1.00 e. The zero-order valence-corrected chi connectivity index (χ0v) is 14.0. The summed E-state index contributed by atoms with van der Waals surface area (Å²) < 4.78 is 7.98. The van der Waals surface area contributed by atoms with Gasteiger partial charge in [0.1, 0.15) is 17.6 Å². The van der Waals surface area contributed by atoms with Crippen molar-refractivity contribution < 1.29 is 33.0 Å². The molecule has 2 aromatic heterocycles. The number of pyridine rings is 1. The third-order valence-electron chi connectivity index (χ3n) is 3.47. The second-order valence-electron chi connectivity index (χ2n) is 4.85. The minimum Gasteiger partial charge on any atom is -1.00 e. The molecule has 0 unspecified atom stereocenters. The lowest BCUT2D eigenvalue weighted by atomic mass is 10.1. The van der Waals surface area contributed by atoms with Gasteiger partial charge in [0.25, 0.3) is 0 Å². The van der Waals surface area contributed by atoms with Crippen LogP contribution in [0.25, 0.3) is 22.6 Å². The number of fused-ring (bicyclic) bond motifs is 1. The lowest BCUT2D eigenvalue weighted by molar-refractivity contribution is -0.693. The highest BCUT2D eigenvalue weighted by Gasteiger charge is 2.12. The molecule has 0 aliphatic heterocycles. The van der Waals surface area contributed by atoms with Crippen molar-refractivity contribution in [3.63, 3.8) is 0 Å². The summed E-state index contributed by atoms with van der Waals surface area (Å²) in [7, 11) is 0. The fourth-order valence-corrected chi connectivity index (χ4v) is 2.15. The first-order valence-corrected chi connectivity index (χ1v) is 6.54. The lowest BCUT2D eigenvalue weighted by Crippen LogP contribution is -3.00. The molecule has 0 spiro atoms. The maximum absolute atomic E-state index is 5.86. The Hall–Kier alpha value is -1.43. The van der Waals surface area contributed by atoms with Crippen LogP contribution in [0.2, 0.25) is 0 Å². The SMILES string of the molecule is CC[n+]1cccc(-c2nc3cc(C)c(C)cc3o2)c1.[I-]. The van der Waals surface area contributed by atoms with Gasteiger partial charge in [0.15, 0.2) is 18.0 Å². The van der Waals surface area contributed by atoms with Gasteiger partial charge < -0.3 is 28.4 Å². The van der Waals surface area contributed by atoms with Crippen LogP contribution in [0.3, 0.4) is 0 Å². The molecule has 0 saturated heterocycles. The first kappa shape index (κ1) is 15.0. The summed E-state index contributed by atoms with van der Waals surface area (Å²) in [5.74, 6) is 0.683. The van der Waals surface area contributed by atoms with Crippen LogP contribution in [-0.4, -0.2) is 4.98 Å². The standard InChI is InChI=1S/C16H17N2O.HI/c1-4-18-7-5-6-13(10-18)16-17-14-8-11(2)12(3)9-15(14)19-16;/h5-10H,4H2,1-3H3;1H/q+1;/p-1. The van der Waals surface area contributed by atoms with Gasteiger partial charge in [-0.1, -0.05) is 0 Å². The van der Waals surface area contributed by atoms with Gasteiger partial charge in [-0.3, -0.25) is 0 Å². The molecule has 104 valence electrons. The summed E-state index contributed by atoms with van der Waals surface area (Å²) in [6.45, 7) is 7.23. The molecule has 0 radical (unpaired) electrons. The van der Waals surface area contributed by atoms with Gasteiger partial charge in [-0.15, -0.1) is 0 Å². The van der Waals surface area contributed by atoms with Crippen molar-refractivity contribution in [2.45, 2.75) is 27.3 Å². The molecule has 0 aliphatic carbocycles. The monoisotopic (exact) mass is 380 g/mol. The number of oxazole rings is 1. The van der Waals surface area contributed by atoms with Gasteiger partial charge in [-0.25, -0.2) is 9.55 Å². The first-order valence-electron chi connectivity index (χ1n) is 6.54. The number of halogens is 1. The van der Waals surface area contributed by atoms with Gasteiger partial charge in [-0.05, 0) is 50.1 Å². The van der Waals surface area contributed by atoms with Crippen molar-refractivity contribution >= 4 is 11.1 Å². The molecule has 0 aliphatic rings. The van der Waals surface area contributed by atoms with E-state index >= 15 is 0 Å². The molecule has 4 heteroatoms. The van der Waals surface area contributed by atoms with E-state index in [4.69, 9.17) is 4.42 Å². The van der Waals surface area contributed by atoms with Crippen LogP contribution in [0.4, 0.5) is 0 Å². The smallest absolute Gasteiger partial charge is 0.233 e. The van der Waals surface area contributed by atoms with E-state index in [-0.39, 0.29) is 24.0 Å². The molecule has 3 aromatic rings. The van der Waals surface area contributed by atoms with E-state index < -0.39 is 0 Å². The fourth-order valence-electron chi connectivity index (χ4n) is 2.15. The van der Waals surface area contributed by atoms with Gasteiger partial charge in [-0.2, -0.15) is 0 Å². The van der Waals surface area contributed by atoms with Crippen LogP contribution in [0.5, 0.6) is 0 Å². The molecular formula is C16H17IN2O. The van der Waals surface area contributed by atoms with Crippen LogP contribution in [0.1, 0.15) is 18.1 Å². The number of rotatable bonds is 2. The molecule has 3 nitrogen and oxygen atoms in total. The average molecular weight is 380 g/mol. The lowest BCUT2D eigenvalue weighted by Gasteiger charge is -1.96. The normalized spacial score (nSPS) is 10.6. The molecule has 1 aromatic carbocycles. The van der Waals surface area contributed by atoms with Crippen molar-refractivity contribution in [3.8, 4) is 11.5 Å². The summed E-state index contributed by atoms with van der Waals surface area (Å²) in [5, 5.41) is 0. The summed E-state index contributed by atoms with van der Waals surface area (Å²) in [5.41, 5.74) is 5.25. The van der Waals surface area contributed by atoms with E-state index in [0.717, 1.165) is 23.2 Å². The van der Waals surface area contributed by atoms with Crippen molar-refractivity contribution in [2.75, 3.05) is 0 Å². The Labute approximate surface area is 135 Å². The molecule has 3 rings (SSSR count). The molecular weight excluding hydrogens is 363 g/mol. The predicted octanol–water partition coefficient (Wildman–Crippen LogP) is 0.423. The zero-order valence-electron chi connectivity index (χ0n) is 11.9. The molecule has 0 amide bonds.